The van der Waals surface area contributed by atoms with Gasteiger partial charge in [-0.1, -0.05) is 61.7 Å². The molecule has 1 atom stereocenters. The van der Waals surface area contributed by atoms with Crippen LogP contribution in [0.5, 0.6) is 0 Å². The van der Waals surface area contributed by atoms with Gasteiger partial charge in [-0.3, -0.25) is 4.90 Å². The molecule has 0 radical (unpaired) electrons. The van der Waals surface area contributed by atoms with Gasteiger partial charge in [-0.2, -0.15) is 0 Å². The summed E-state index contributed by atoms with van der Waals surface area (Å²) >= 11 is 0. The summed E-state index contributed by atoms with van der Waals surface area (Å²) in [6.07, 6.45) is 7.21. The van der Waals surface area contributed by atoms with Crippen molar-refractivity contribution >= 4 is 10.8 Å². The highest BCUT2D eigenvalue weighted by molar-refractivity contribution is 5.86. The Kier molecular flexibility index (Phi) is 7.48. The smallest absolute Gasteiger partial charge is 0.0594 e. The Balaban J connectivity index is 0.000000152. The second-order valence-electron chi connectivity index (χ2n) is 7.52. The van der Waals surface area contributed by atoms with Crippen molar-refractivity contribution in [2.75, 3.05) is 33.4 Å². The summed E-state index contributed by atoms with van der Waals surface area (Å²) in [4.78, 5) is 2.63. The lowest BCUT2D eigenvalue weighted by Crippen LogP contribution is -2.44. The summed E-state index contributed by atoms with van der Waals surface area (Å²) in [5.41, 5.74) is 1.37. The quantitative estimate of drug-likeness (QED) is 0.859. The van der Waals surface area contributed by atoms with Crippen LogP contribution in [0.15, 0.2) is 42.5 Å². The van der Waals surface area contributed by atoms with Crippen molar-refractivity contribution in [1.29, 1.82) is 0 Å². The third kappa shape index (κ3) is 5.06. The maximum absolute atomic E-state index is 5.35. The SMILES string of the molecule is C1CCC(N2CCOCC2)CC1.CNC(C)c1cccc2ccccc12. The Morgan fingerprint density at radius 1 is 0.962 bits per heavy atom. The molecule has 0 bridgehead atoms. The molecule has 26 heavy (non-hydrogen) atoms. The summed E-state index contributed by atoms with van der Waals surface area (Å²) < 4.78 is 5.35. The number of benzene rings is 2. The lowest BCUT2D eigenvalue weighted by atomic mass is 9.94. The fraction of sp³-hybridized carbons (Fsp3) is 0.565. The third-order valence-corrected chi connectivity index (χ3v) is 5.86. The van der Waals surface area contributed by atoms with Gasteiger partial charge in [0.15, 0.2) is 0 Å². The fourth-order valence-corrected chi connectivity index (χ4v) is 4.17. The zero-order valence-electron chi connectivity index (χ0n) is 16.4. The molecular weight excluding hydrogens is 320 g/mol. The van der Waals surface area contributed by atoms with Gasteiger partial charge in [-0.05, 0) is 43.1 Å². The molecule has 1 saturated carbocycles. The van der Waals surface area contributed by atoms with Crippen LogP contribution in [0.25, 0.3) is 10.8 Å². The van der Waals surface area contributed by atoms with Crippen LogP contribution in [0.1, 0.15) is 50.6 Å². The maximum atomic E-state index is 5.35. The van der Waals surface area contributed by atoms with Crippen LogP contribution in [0.3, 0.4) is 0 Å². The van der Waals surface area contributed by atoms with E-state index >= 15 is 0 Å². The first-order chi connectivity index (χ1) is 12.8. The van der Waals surface area contributed by atoms with Crippen molar-refractivity contribution in [3.63, 3.8) is 0 Å². The highest BCUT2D eigenvalue weighted by Crippen LogP contribution is 2.24. The van der Waals surface area contributed by atoms with E-state index in [4.69, 9.17) is 4.74 Å². The predicted octanol–water partition coefficient (Wildman–Crippen LogP) is 4.77. The molecule has 3 nitrogen and oxygen atoms in total. The normalized spacial score (nSPS) is 20.4. The van der Waals surface area contributed by atoms with Crippen molar-refractivity contribution in [2.45, 2.75) is 51.1 Å². The number of hydrogen-bond acceptors (Lipinski definition) is 3. The fourth-order valence-electron chi connectivity index (χ4n) is 4.17. The first-order valence-electron chi connectivity index (χ1n) is 10.3. The van der Waals surface area contributed by atoms with Crippen LogP contribution in [0.2, 0.25) is 0 Å². The van der Waals surface area contributed by atoms with Crippen molar-refractivity contribution in [3.05, 3.63) is 48.0 Å². The van der Waals surface area contributed by atoms with Gasteiger partial charge < -0.3 is 10.1 Å². The molecule has 142 valence electrons. The number of fused-ring (bicyclic) bond motifs is 1. The first kappa shape index (κ1) is 19.3. The molecule has 2 aromatic carbocycles. The molecule has 0 spiro atoms. The molecular formula is C23H34N2O. The molecule has 1 aliphatic carbocycles. The third-order valence-electron chi connectivity index (χ3n) is 5.86. The molecule has 2 aliphatic rings. The van der Waals surface area contributed by atoms with Gasteiger partial charge in [-0.25, -0.2) is 0 Å². The molecule has 0 aromatic heterocycles. The van der Waals surface area contributed by atoms with E-state index in [0.29, 0.717) is 6.04 Å². The topological polar surface area (TPSA) is 24.5 Å². The van der Waals surface area contributed by atoms with E-state index in [0.717, 1.165) is 19.3 Å². The van der Waals surface area contributed by atoms with Gasteiger partial charge in [-0.15, -0.1) is 0 Å². The van der Waals surface area contributed by atoms with E-state index in [1.165, 1.54) is 61.5 Å². The molecule has 1 aliphatic heterocycles. The van der Waals surface area contributed by atoms with E-state index in [-0.39, 0.29) is 0 Å². The number of rotatable bonds is 3. The van der Waals surface area contributed by atoms with Crippen molar-refractivity contribution in [2.24, 2.45) is 0 Å². The van der Waals surface area contributed by atoms with E-state index < -0.39 is 0 Å². The monoisotopic (exact) mass is 354 g/mol. The zero-order valence-corrected chi connectivity index (χ0v) is 16.4. The highest BCUT2D eigenvalue weighted by atomic mass is 16.5. The van der Waals surface area contributed by atoms with E-state index in [9.17, 15) is 0 Å². The summed E-state index contributed by atoms with van der Waals surface area (Å²) in [5, 5.41) is 5.93. The Morgan fingerprint density at radius 3 is 2.38 bits per heavy atom. The van der Waals surface area contributed by atoms with Crippen LogP contribution in [0, 0.1) is 0 Å². The van der Waals surface area contributed by atoms with Gasteiger partial charge in [0.1, 0.15) is 0 Å². The lowest BCUT2D eigenvalue weighted by molar-refractivity contribution is 0.00858. The lowest BCUT2D eigenvalue weighted by Gasteiger charge is -2.36. The Hall–Kier alpha value is -1.42. The summed E-state index contributed by atoms with van der Waals surface area (Å²) in [6.45, 7) is 6.43. The van der Waals surface area contributed by atoms with Crippen LogP contribution in [-0.2, 0) is 4.74 Å². The Morgan fingerprint density at radius 2 is 1.65 bits per heavy atom. The van der Waals surface area contributed by atoms with E-state index in [1.807, 2.05) is 7.05 Å². The van der Waals surface area contributed by atoms with Gasteiger partial charge in [0.2, 0.25) is 0 Å². The highest BCUT2D eigenvalue weighted by Gasteiger charge is 2.22. The Bertz CT molecular complexity index is 639. The predicted molar refractivity (Wildman–Crippen MR) is 111 cm³/mol. The molecule has 2 aromatic rings. The average molecular weight is 355 g/mol. The molecule has 0 amide bonds. The number of morpholine rings is 1. The minimum Gasteiger partial charge on any atom is -0.379 e. The van der Waals surface area contributed by atoms with Crippen LogP contribution >= 0.6 is 0 Å². The molecule has 1 heterocycles. The molecule has 2 fully saturated rings. The number of ether oxygens (including phenoxy) is 1. The van der Waals surface area contributed by atoms with E-state index in [2.05, 4.69) is 59.6 Å². The van der Waals surface area contributed by atoms with Crippen molar-refractivity contribution < 1.29 is 4.74 Å². The van der Waals surface area contributed by atoms with Crippen LogP contribution < -0.4 is 5.32 Å². The molecule has 1 saturated heterocycles. The Labute approximate surface area is 158 Å². The van der Waals surface area contributed by atoms with Crippen molar-refractivity contribution in [1.82, 2.24) is 10.2 Å². The van der Waals surface area contributed by atoms with Gasteiger partial charge >= 0.3 is 0 Å². The number of hydrogen-bond donors (Lipinski definition) is 1. The minimum absolute atomic E-state index is 0.404. The standard InChI is InChI=1S/C13H15N.C10H19NO/c1-10(14-2)12-9-5-7-11-6-3-4-8-13(11)12;1-2-4-10(5-3-1)11-6-8-12-9-7-11/h3-10,14H,1-2H3;10H,1-9H2. The molecule has 1 N–H and O–H groups in total. The minimum atomic E-state index is 0.404. The van der Waals surface area contributed by atoms with Crippen LogP contribution in [-0.4, -0.2) is 44.3 Å². The summed E-state index contributed by atoms with van der Waals surface area (Å²) in [6, 6.07) is 16.3. The summed E-state index contributed by atoms with van der Waals surface area (Å²) in [5.74, 6) is 0. The maximum Gasteiger partial charge on any atom is 0.0594 e. The largest absolute Gasteiger partial charge is 0.379 e. The second kappa shape index (κ2) is 10.1. The van der Waals surface area contributed by atoms with E-state index in [1.54, 1.807) is 0 Å². The number of nitrogens with zero attached hydrogens (tertiary/aromatic N) is 1. The van der Waals surface area contributed by atoms with Gasteiger partial charge in [0.05, 0.1) is 13.2 Å². The summed E-state index contributed by atoms with van der Waals surface area (Å²) in [7, 11) is 1.99. The number of nitrogens with one attached hydrogen (secondary N) is 1. The average Bonchev–Trinajstić information content (AvgIpc) is 2.74. The molecule has 4 rings (SSSR count). The molecule has 3 heteroatoms. The van der Waals surface area contributed by atoms with Gasteiger partial charge in [0.25, 0.3) is 0 Å². The molecule has 1 unspecified atom stereocenters. The van der Waals surface area contributed by atoms with Gasteiger partial charge in [0, 0.05) is 25.2 Å². The first-order valence-corrected chi connectivity index (χ1v) is 10.3. The second-order valence-corrected chi connectivity index (χ2v) is 7.52. The van der Waals surface area contributed by atoms with Crippen molar-refractivity contribution in [3.8, 4) is 0 Å². The zero-order chi connectivity index (χ0) is 18.2. The van der Waals surface area contributed by atoms with Crippen LogP contribution in [0.4, 0.5) is 0 Å².